The van der Waals surface area contributed by atoms with Crippen LogP contribution < -0.4 is 9.47 Å². The maximum Gasteiger partial charge on any atom is 0.166 e. The summed E-state index contributed by atoms with van der Waals surface area (Å²) in [6, 6.07) is 13.6. The Hall–Kier alpha value is -2.04. The first-order valence-corrected chi connectivity index (χ1v) is 11.4. The number of Topliss-reactive ketones (excluding diaryl/α,β-unsaturated/α-hetero) is 1. The number of carbonyl (C=O) groups is 1. The fourth-order valence-corrected chi connectivity index (χ4v) is 6.07. The summed E-state index contributed by atoms with van der Waals surface area (Å²) in [7, 11) is 1.61. The standard InChI is InChI=1S/C26H31ClO4/c1-25-14-13-23(29)26(2,21(25)11-12-22(25)28)15-18-19(27)9-10-20(30-3)24(18)31-16-17-7-5-4-6-8-17/h4-10,21-22,28H,11-16H2,1-3H3. The number of benzene rings is 2. The van der Waals surface area contributed by atoms with Crippen molar-refractivity contribution in [2.75, 3.05) is 7.11 Å². The van der Waals surface area contributed by atoms with E-state index in [1.165, 1.54) is 0 Å². The number of aliphatic hydroxyl groups excluding tert-OH is 1. The molecule has 1 N–H and O–H groups in total. The molecular weight excluding hydrogens is 412 g/mol. The first kappa shape index (κ1) is 22.2. The highest BCUT2D eigenvalue weighted by atomic mass is 35.5. The highest BCUT2D eigenvalue weighted by Crippen LogP contribution is 2.59. The van der Waals surface area contributed by atoms with Crippen LogP contribution in [-0.4, -0.2) is 24.1 Å². The largest absolute Gasteiger partial charge is 0.493 e. The number of aliphatic hydroxyl groups is 1. The summed E-state index contributed by atoms with van der Waals surface area (Å²) >= 11 is 6.68. The Morgan fingerprint density at radius 2 is 1.87 bits per heavy atom. The molecule has 4 rings (SSSR count). The molecule has 2 aromatic rings. The van der Waals surface area contributed by atoms with Crippen molar-refractivity contribution in [3.8, 4) is 11.5 Å². The summed E-state index contributed by atoms with van der Waals surface area (Å²) in [5.74, 6) is 1.56. The second kappa shape index (κ2) is 8.48. The highest BCUT2D eigenvalue weighted by molar-refractivity contribution is 6.31. The molecule has 2 fully saturated rings. The van der Waals surface area contributed by atoms with E-state index in [0.29, 0.717) is 36.0 Å². The van der Waals surface area contributed by atoms with E-state index in [4.69, 9.17) is 21.1 Å². The molecule has 0 saturated heterocycles. The predicted molar refractivity (Wildman–Crippen MR) is 122 cm³/mol. The fraction of sp³-hybridized carbons (Fsp3) is 0.500. The van der Waals surface area contributed by atoms with Crippen molar-refractivity contribution in [3.05, 3.63) is 58.6 Å². The quantitative estimate of drug-likeness (QED) is 0.631. The van der Waals surface area contributed by atoms with Gasteiger partial charge in [0.25, 0.3) is 0 Å². The third-order valence-electron chi connectivity index (χ3n) is 7.74. The number of methoxy groups -OCH3 is 1. The van der Waals surface area contributed by atoms with E-state index in [1.807, 2.05) is 43.3 Å². The third-order valence-corrected chi connectivity index (χ3v) is 8.09. The molecule has 0 aromatic heterocycles. The van der Waals surface area contributed by atoms with E-state index in [0.717, 1.165) is 30.4 Å². The lowest BCUT2D eigenvalue weighted by atomic mass is 9.54. The van der Waals surface area contributed by atoms with Crippen molar-refractivity contribution in [2.24, 2.45) is 16.7 Å². The Bertz CT molecular complexity index is 959. The summed E-state index contributed by atoms with van der Waals surface area (Å²) in [6.45, 7) is 4.57. The van der Waals surface area contributed by atoms with Crippen molar-refractivity contribution in [3.63, 3.8) is 0 Å². The van der Waals surface area contributed by atoms with E-state index in [1.54, 1.807) is 13.2 Å². The third kappa shape index (κ3) is 3.85. The molecule has 4 atom stereocenters. The van der Waals surface area contributed by atoms with Gasteiger partial charge in [-0.05, 0) is 54.7 Å². The summed E-state index contributed by atoms with van der Waals surface area (Å²) in [5, 5.41) is 11.3. The lowest BCUT2D eigenvalue weighted by Crippen LogP contribution is -2.50. The van der Waals surface area contributed by atoms with Crippen LogP contribution in [0.1, 0.15) is 50.7 Å². The Balaban J connectivity index is 1.71. The molecule has 2 saturated carbocycles. The topological polar surface area (TPSA) is 55.8 Å². The number of carbonyl (C=O) groups excluding carboxylic acids is 1. The van der Waals surface area contributed by atoms with E-state index in [9.17, 15) is 9.90 Å². The summed E-state index contributed by atoms with van der Waals surface area (Å²) < 4.78 is 11.8. The Kier molecular flexibility index (Phi) is 6.06. The summed E-state index contributed by atoms with van der Waals surface area (Å²) in [4.78, 5) is 13.3. The van der Waals surface area contributed by atoms with Gasteiger partial charge in [-0.3, -0.25) is 4.79 Å². The van der Waals surface area contributed by atoms with E-state index in [2.05, 4.69) is 6.92 Å². The van der Waals surface area contributed by atoms with Crippen LogP contribution in [0.5, 0.6) is 11.5 Å². The second-order valence-electron chi connectivity index (χ2n) is 9.50. The normalized spacial score (nSPS) is 30.2. The average Bonchev–Trinajstić information content (AvgIpc) is 3.08. The molecule has 2 aliphatic rings. The van der Waals surface area contributed by atoms with Crippen LogP contribution in [0.15, 0.2) is 42.5 Å². The van der Waals surface area contributed by atoms with Crippen LogP contribution in [0.4, 0.5) is 0 Å². The van der Waals surface area contributed by atoms with Crippen molar-refractivity contribution in [1.82, 2.24) is 0 Å². The molecule has 0 radical (unpaired) electrons. The van der Waals surface area contributed by atoms with Crippen LogP contribution in [0.2, 0.25) is 5.02 Å². The molecule has 2 aliphatic carbocycles. The monoisotopic (exact) mass is 442 g/mol. The molecule has 166 valence electrons. The number of fused-ring (bicyclic) bond motifs is 1. The van der Waals surface area contributed by atoms with Gasteiger partial charge in [-0.25, -0.2) is 0 Å². The number of hydrogen-bond donors (Lipinski definition) is 1. The summed E-state index contributed by atoms with van der Waals surface area (Å²) in [5.41, 5.74) is 1.00. The lowest BCUT2D eigenvalue weighted by Gasteiger charge is -2.49. The predicted octanol–water partition coefficient (Wildman–Crippen LogP) is 5.62. The van der Waals surface area contributed by atoms with E-state index >= 15 is 0 Å². The first-order chi connectivity index (χ1) is 14.8. The molecule has 31 heavy (non-hydrogen) atoms. The maximum atomic E-state index is 13.3. The van der Waals surface area contributed by atoms with Crippen LogP contribution in [-0.2, 0) is 17.8 Å². The Morgan fingerprint density at radius 3 is 2.58 bits per heavy atom. The molecule has 0 amide bonds. The molecule has 0 bridgehead atoms. The van der Waals surface area contributed by atoms with E-state index in [-0.39, 0.29) is 23.2 Å². The van der Waals surface area contributed by atoms with Gasteiger partial charge in [0.2, 0.25) is 0 Å². The zero-order chi connectivity index (χ0) is 22.2. The van der Waals surface area contributed by atoms with Crippen molar-refractivity contribution < 1.29 is 19.4 Å². The van der Waals surface area contributed by atoms with Crippen LogP contribution in [0.25, 0.3) is 0 Å². The second-order valence-corrected chi connectivity index (χ2v) is 9.91. The van der Waals surface area contributed by atoms with Crippen molar-refractivity contribution in [1.29, 1.82) is 0 Å². The van der Waals surface area contributed by atoms with Gasteiger partial charge in [0.05, 0.1) is 13.2 Å². The molecule has 0 spiro atoms. The zero-order valence-corrected chi connectivity index (χ0v) is 19.2. The molecule has 0 heterocycles. The molecular formula is C26H31ClO4. The van der Waals surface area contributed by atoms with Gasteiger partial charge in [0.1, 0.15) is 12.4 Å². The van der Waals surface area contributed by atoms with E-state index < -0.39 is 5.41 Å². The van der Waals surface area contributed by atoms with Gasteiger partial charge in [-0.2, -0.15) is 0 Å². The van der Waals surface area contributed by atoms with Gasteiger partial charge in [-0.1, -0.05) is 55.8 Å². The number of ketones is 1. The molecule has 2 aromatic carbocycles. The summed E-state index contributed by atoms with van der Waals surface area (Å²) in [6.07, 6.45) is 2.94. The maximum absolute atomic E-state index is 13.3. The highest BCUT2D eigenvalue weighted by Gasteiger charge is 2.59. The zero-order valence-electron chi connectivity index (χ0n) is 18.5. The van der Waals surface area contributed by atoms with Crippen LogP contribution in [0.3, 0.4) is 0 Å². The number of ether oxygens (including phenoxy) is 2. The molecule has 5 heteroatoms. The smallest absolute Gasteiger partial charge is 0.166 e. The van der Waals surface area contributed by atoms with Gasteiger partial charge >= 0.3 is 0 Å². The SMILES string of the molecule is COc1ccc(Cl)c(CC2(C)C(=O)CCC3(C)C(O)CCC23)c1OCc1ccccc1. The first-order valence-electron chi connectivity index (χ1n) is 11.0. The number of halogens is 1. The number of hydrogen-bond acceptors (Lipinski definition) is 4. The average molecular weight is 443 g/mol. The van der Waals surface area contributed by atoms with Crippen molar-refractivity contribution in [2.45, 2.75) is 58.7 Å². The lowest BCUT2D eigenvalue weighted by molar-refractivity contribution is -0.143. The minimum Gasteiger partial charge on any atom is -0.493 e. The van der Waals surface area contributed by atoms with Crippen LogP contribution in [0, 0.1) is 16.7 Å². The van der Waals surface area contributed by atoms with Gasteiger partial charge < -0.3 is 14.6 Å². The molecule has 4 nitrogen and oxygen atoms in total. The molecule has 0 aliphatic heterocycles. The van der Waals surface area contributed by atoms with Crippen LogP contribution >= 0.6 is 11.6 Å². The Morgan fingerprint density at radius 1 is 1.13 bits per heavy atom. The minimum absolute atomic E-state index is 0.112. The molecule has 4 unspecified atom stereocenters. The van der Waals surface area contributed by atoms with Gasteiger partial charge in [0, 0.05) is 22.4 Å². The van der Waals surface area contributed by atoms with Gasteiger partial charge in [0.15, 0.2) is 11.5 Å². The van der Waals surface area contributed by atoms with Crippen molar-refractivity contribution >= 4 is 17.4 Å². The Labute approximate surface area is 189 Å². The number of rotatable bonds is 6. The minimum atomic E-state index is -0.606. The van der Waals surface area contributed by atoms with Gasteiger partial charge in [-0.15, -0.1) is 0 Å². The fourth-order valence-electron chi connectivity index (χ4n) is 5.85.